The Bertz CT molecular complexity index is 807. The maximum Gasteiger partial charge on any atom is 0.255 e. The molecule has 1 aromatic heterocycles. The van der Waals surface area contributed by atoms with Gasteiger partial charge in [-0.3, -0.25) is 14.6 Å². The van der Waals surface area contributed by atoms with Gasteiger partial charge in [0, 0.05) is 56.7 Å². The molecule has 0 spiro atoms. The van der Waals surface area contributed by atoms with E-state index in [1.807, 2.05) is 24.8 Å². The molecule has 0 saturated carbocycles. The van der Waals surface area contributed by atoms with Crippen LogP contribution in [0.4, 0.5) is 0 Å². The van der Waals surface area contributed by atoms with E-state index in [0.717, 1.165) is 12.0 Å². The molecule has 2 amide bonds. The quantitative estimate of drug-likeness (QED) is 0.737. The SMILES string of the molecule is C#CCCC1(CCNC(=O)[C@@H]2CCN(C(=O)c3cncc(C)c3)[C@H](C)C2)N=N1. The second-order valence-corrected chi connectivity index (χ2v) is 7.75. The fourth-order valence-electron chi connectivity index (χ4n) is 3.75. The van der Waals surface area contributed by atoms with Gasteiger partial charge in [-0.2, -0.15) is 10.2 Å². The highest BCUT2D eigenvalue weighted by Crippen LogP contribution is 2.36. The van der Waals surface area contributed by atoms with Crippen molar-refractivity contribution >= 4 is 11.8 Å². The first kappa shape index (κ1) is 20.0. The Balaban J connectivity index is 1.46. The van der Waals surface area contributed by atoms with Gasteiger partial charge in [-0.25, -0.2) is 0 Å². The van der Waals surface area contributed by atoms with Crippen molar-refractivity contribution in [3.63, 3.8) is 0 Å². The Hall–Kier alpha value is -2.75. The number of aryl methyl sites for hydroxylation is 1. The summed E-state index contributed by atoms with van der Waals surface area (Å²) in [7, 11) is 0. The Morgan fingerprint density at radius 2 is 2.14 bits per heavy atom. The zero-order valence-corrected chi connectivity index (χ0v) is 16.5. The van der Waals surface area contributed by atoms with E-state index in [1.54, 1.807) is 12.4 Å². The van der Waals surface area contributed by atoms with Crippen molar-refractivity contribution in [2.24, 2.45) is 16.1 Å². The number of piperidine rings is 1. The van der Waals surface area contributed by atoms with E-state index in [1.165, 1.54) is 0 Å². The van der Waals surface area contributed by atoms with E-state index >= 15 is 0 Å². The van der Waals surface area contributed by atoms with Gasteiger partial charge < -0.3 is 10.2 Å². The van der Waals surface area contributed by atoms with Crippen molar-refractivity contribution in [1.29, 1.82) is 0 Å². The summed E-state index contributed by atoms with van der Waals surface area (Å²) >= 11 is 0. The molecule has 0 radical (unpaired) electrons. The molecule has 0 aromatic carbocycles. The van der Waals surface area contributed by atoms with Crippen LogP contribution in [0.5, 0.6) is 0 Å². The number of nitrogens with zero attached hydrogens (tertiary/aromatic N) is 4. The third kappa shape index (κ3) is 4.75. The molecular weight excluding hydrogens is 354 g/mol. The smallest absolute Gasteiger partial charge is 0.255 e. The number of carbonyl (C=O) groups is 2. The van der Waals surface area contributed by atoms with E-state index in [2.05, 4.69) is 26.4 Å². The van der Waals surface area contributed by atoms with Crippen molar-refractivity contribution in [3.8, 4) is 12.3 Å². The van der Waals surface area contributed by atoms with E-state index in [4.69, 9.17) is 6.42 Å². The number of terminal acetylenes is 1. The fourth-order valence-corrected chi connectivity index (χ4v) is 3.75. The lowest BCUT2D eigenvalue weighted by Crippen LogP contribution is -2.48. The maximum absolute atomic E-state index is 12.8. The molecule has 28 heavy (non-hydrogen) atoms. The summed E-state index contributed by atoms with van der Waals surface area (Å²) in [5.74, 6) is 2.55. The molecule has 1 saturated heterocycles. The molecule has 3 heterocycles. The summed E-state index contributed by atoms with van der Waals surface area (Å²) in [6.45, 7) is 5.03. The molecule has 0 aliphatic carbocycles. The molecule has 2 aliphatic heterocycles. The molecule has 148 valence electrons. The number of aromatic nitrogens is 1. The topological polar surface area (TPSA) is 87.0 Å². The summed E-state index contributed by atoms with van der Waals surface area (Å²) in [6, 6.07) is 1.86. The fraction of sp³-hybridized carbons (Fsp3) is 0.571. The Labute approximate surface area is 166 Å². The van der Waals surface area contributed by atoms with Gasteiger partial charge in [0.05, 0.1) is 5.56 Å². The minimum Gasteiger partial charge on any atom is -0.356 e. The second-order valence-electron chi connectivity index (χ2n) is 7.75. The van der Waals surface area contributed by atoms with Crippen LogP contribution >= 0.6 is 0 Å². The average Bonchev–Trinajstić information content (AvgIpc) is 3.45. The van der Waals surface area contributed by atoms with Gasteiger partial charge in [-0.05, 0) is 38.3 Å². The molecule has 0 bridgehead atoms. The molecule has 1 N–H and O–H groups in total. The standard InChI is InChI=1S/C21H27N5O2/c1-4-5-7-21(24-25-21)8-9-23-19(27)17-6-10-26(16(3)12-17)20(28)18-11-15(2)13-22-14-18/h1,11,13-14,16-17H,5-10,12H2,2-3H3,(H,23,27)/t16-,17-/m1/s1. The molecule has 1 aromatic rings. The van der Waals surface area contributed by atoms with Crippen LogP contribution in [-0.2, 0) is 4.79 Å². The molecule has 7 heteroatoms. The molecule has 1 fully saturated rings. The minimum atomic E-state index is -0.370. The predicted molar refractivity (Wildman–Crippen MR) is 105 cm³/mol. The third-order valence-corrected chi connectivity index (χ3v) is 5.51. The van der Waals surface area contributed by atoms with Crippen LogP contribution in [0, 0.1) is 25.2 Å². The van der Waals surface area contributed by atoms with Crippen LogP contribution in [-0.4, -0.2) is 46.5 Å². The largest absolute Gasteiger partial charge is 0.356 e. The van der Waals surface area contributed by atoms with Crippen molar-refractivity contribution in [2.45, 2.75) is 57.7 Å². The van der Waals surface area contributed by atoms with E-state index in [9.17, 15) is 9.59 Å². The van der Waals surface area contributed by atoms with Crippen molar-refractivity contribution < 1.29 is 9.59 Å². The van der Waals surface area contributed by atoms with Gasteiger partial charge in [0.25, 0.3) is 5.91 Å². The molecule has 0 unspecified atom stereocenters. The monoisotopic (exact) mass is 381 g/mol. The number of rotatable bonds is 7. The van der Waals surface area contributed by atoms with Crippen LogP contribution in [0.2, 0.25) is 0 Å². The summed E-state index contributed by atoms with van der Waals surface area (Å²) < 4.78 is 0. The summed E-state index contributed by atoms with van der Waals surface area (Å²) in [4.78, 5) is 31.3. The highest BCUT2D eigenvalue weighted by Gasteiger charge is 2.39. The van der Waals surface area contributed by atoms with Crippen molar-refractivity contribution in [3.05, 3.63) is 29.6 Å². The first-order chi connectivity index (χ1) is 13.4. The van der Waals surface area contributed by atoms with E-state index < -0.39 is 0 Å². The van der Waals surface area contributed by atoms with E-state index in [-0.39, 0.29) is 29.4 Å². The number of carbonyl (C=O) groups excluding carboxylic acids is 2. The highest BCUT2D eigenvalue weighted by atomic mass is 16.2. The normalized spacial score (nSPS) is 22.4. The number of pyridine rings is 1. The van der Waals surface area contributed by atoms with Crippen LogP contribution < -0.4 is 5.32 Å². The summed E-state index contributed by atoms with van der Waals surface area (Å²) in [5, 5.41) is 11.2. The maximum atomic E-state index is 12.8. The first-order valence-corrected chi connectivity index (χ1v) is 9.82. The van der Waals surface area contributed by atoms with Crippen LogP contribution in [0.3, 0.4) is 0 Å². The second kappa shape index (κ2) is 8.51. The highest BCUT2D eigenvalue weighted by molar-refractivity contribution is 5.94. The Morgan fingerprint density at radius 3 is 2.79 bits per heavy atom. The van der Waals surface area contributed by atoms with Gasteiger partial charge >= 0.3 is 0 Å². The van der Waals surface area contributed by atoms with Gasteiger partial charge in [-0.1, -0.05) is 0 Å². The molecule has 2 aliphatic rings. The van der Waals surface area contributed by atoms with Crippen molar-refractivity contribution in [1.82, 2.24) is 15.2 Å². The molecule has 2 atom stereocenters. The number of hydrogen-bond donors (Lipinski definition) is 1. The van der Waals surface area contributed by atoms with Crippen molar-refractivity contribution in [2.75, 3.05) is 13.1 Å². The molecule has 3 rings (SSSR count). The number of hydrogen-bond acceptors (Lipinski definition) is 5. The Kier molecular flexibility index (Phi) is 6.08. The number of likely N-dealkylation sites (tertiary alicyclic amines) is 1. The zero-order valence-electron chi connectivity index (χ0n) is 16.5. The van der Waals surface area contributed by atoms with Crippen LogP contribution in [0.25, 0.3) is 0 Å². The minimum absolute atomic E-state index is 0.00733. The predicted octanol–water partition coefficient (Wildman–Crippen LogP) is 2.71. The molecular formula is C21H27N5O2. The lowest BCUT2D eigenvalue weighted by atomic mass is 9.90. The van der Waals surface area contributed by atoms with Gasteiger partial charge in [0.15, 0.2) is 5.66 Å². The van der Waals surface area contributed by atoms with Gasteiger partial charge in [0.2, 0.25) is 5.91 Å². The lowest BCUT2D eigenvalue weighted by Gasteiger charge is -2.37. The zero-order chi connectivity index (χ0) is 20.1. The third-order valence-electron chi connectivity index (χ3n) is 5.51. The Morgan fingerprint density at radius 1 is 1.36 bits per heavy atom. The van der Waals surface area contributed by atoms with Crippen LogP contribution in [0.15, 0.2) is 28.7 Å². The average molecular weight is 381 g/mol. The van der Waals surface area contributed by atoms with Gasteiger partial charge in [-0.15, -0.1) is 12.3 Å². The summed E-state index contributed by atoms with van der Waals surface area (Å²) in [6.07, 6.45) is 12.0. The number of amides is 2. The summed E-state index contributed by atoms with van der Waals surface area (Å²) in [5.41, 5.74) is 1.19. The first-order valence-electron chi connectivity index (χ1n) is 9.82. The molecule has 7 nitrogen and oxygen atoms in total. The van der Waals surface area contributed by atoms with E-state index in [0.29, 0.717) is 44.3 Å². The van der Waals surface area contributed by atoms with Gasteiger partial charge in [0.1, 0.15) is 0 Å². The van der Waals surface area contributed by atoms with Crippen LogP contribution in [0.1, 0.15) is 54.9 Å². The lowest BCUT2D eigenvalue weighted by molar-refractivity contribution is -0.126. The number of nitrogens with one attached hydrogen (secondary N) is 1.